The average molecular weight is 405 g/mol. The van der Waals surface area contributed by atoms with Crippen LogP contribution in [0, 0.1) is 11.8 Å². The first-order chi connectivity index (χ1) is 14.4. The maximum absolute atomic E-state index is 12.7. The average Bonchev–Trinajstić information content (AvgIpc) is 2.75. The van der Waals surface area contributed by atoms with E-state index in [1.807, 2.05) is 36.4 Å². The highest BCUT2D eigenvalue weighted by Crippen LogP contribution is 2.34. The second kappa shape index (κ2) is 8.34. The van der Waals surface area contributed by atoms with Crippen LogP contribution in [0.3, 0.4) is 0 Å². The van der Waals surface area contributed by atoms with Crippen LogP contribution >= 0.6 is 0 Å². The fraction of sp³-hybridized carbons (Fsp3) is 0.360. The molecule has 0 aromatic heterocycles. The van der Waals surface area contributed by atoms with E-state index in [1.165, 1.54) is 6.42 Å². The van der Waals surface area contributed by atoms with E-state index in [0.29, 0.717) is 23.1 Å². The molecular formula is C25H28N2O3. The fourth-order valence-electron chi connectivity index (χ4n) is 4.27. The highest BCUT2D eigenvalue weighted by Gasteiger charge is 2.29. The molecule has 2 aliphatic rings. The Morgan fingerprint density at radius 1 is 1.10 bits per heavy atom. The monoisotopic (exact) mass is 404 g/mol. The Hall–Kier alpha value is -3.08. The summed E-state index contributed by atoms with van der Waals surface area (Å²) >= 11 is 0. The van der Waals surface area contributed by atoms with Gasteiger partial charge in [-0.1, -0.05) is 51.0 Å². The number of likely N-dealkylation sites (N-methyl/N-ethyl adjacent to an activating group) is 1. The summed E-state index contributed by atoms with van der Waals surface area (Å²) in [7, 11) is 1.73. The highest BCUT2D eigenvalue weighted by atomic mass is 16.5. The normalized spacial score (nSPS) is 24.9. The molecular weight excluding hydrogens is 376 g/mol. The van der Waals surface area contributed by atoms with Gasteiger partial charge in [0, 0.05) is 18.7 Å². The Morgan fingerprint density at radius 3 is 2.60 bits per heavy atom. The van der Waals surface area contributed by atoms with Crippen molar-refractivity contribution >= 4 is 23.6 Å². The van der Waals surface area contributed by atoms with Crippen molar-refractivity contribution in [3.05, 3.63) is 65.4 Å². The first-order valence-corrected chi connectivity index (χ1v) is 10.6. The third-order valence-electron chi connectivity index (χ3n) is 6.46. The molecule has 1 aliphatic heterocycles. The van der Waals surface area contributed by atoms with E-state index >= 15 is 0 Å². The van der Waals surface area contributed by atoms with Gasteiger partial charge in [0.15, 0.2) is 11.5 Å². The molecule has 0 radical (unpaired) electrons. The number of carbonyl (C=O) groups is 2. The SMILES string of the molecule is CC1CCCC(NC(=O)c2ccc(C=C3Oc4ccccc4N(C)C3=O)cc2)C1C. The van der Waals surface area contributed by atoms with E-state index in [4.69, 9.17) is 4.74 Å². The molecule has 1 N–H and O–H groups in total. The number of rotatable bonds is 3. The molecule has 1 fully saturated rings. The van der Waals surface area contributed by atoms with E-state index in [-0.39, 0.29) is 23.6 Å². The van der Waals surface area contributed by atoms with Crippen molar-refractivity contribution < 1.29 is 14.3 Å². The number of nitrogens with one attached hydrogen (secondary N) is 1. The largest absolute Gasteiger partial charge is 0.449 e. The first kappa shape index (κ1) is 20.2. The van der Waals surface area contributed by atoms with Crippen molar-refractivity contribution in [3.8, 4) is 5.75 Å². The van der Waals surface area contributed by atoms with Gasteiger partial charge in [-0.3, -0.25) is 9.59 Å². The second-order valence-corrected chi connectivity index (χ2v) is 8.41. The lowest BCUT2D eigenvalue weighted by molar-refractivity contribution is -0.117. The summed E-state index contributed by atoms with van der Waals surface area (Å²) in [5.74, 6) is 1.79. The zero-order valence-corrected chi connectivity index (χ0v) is 17.7. The van der Waals surface area contributed by atoms with Crippen LogP contribution in [0.25, 0.3) is 6.08 Å². The number of hydrogen-bond donors (Lipinski definition) is 1. The number of nitrogens with zero attached hydrogens (tertiary/aromatic N) is 1. The molecule has 3 atom stereocenters. The summed E-state index contributed by atoms with van der Waals surface area (Å²) in [6.45, 7) is 4.48. The topological polar surface area (TPSA) is 58.6 Å². The molecule has 156 valence electrons. The van der Waals surface area contributed by atoms with Gasteiger partial charge in [-0.15, -0.1) is 0 Å². The zero-order chi connectivity index (χ0) is 21.3. The zero-order valence-electron chi connectivity index (χ0n) is 17.7. The van der Waals surface area contributed by atoms with E-state index in [0.717, 1.165) is 24.1 Å². The summed E-state index contributed by atoms with van der Waals surface area (Å²) in [4.78, 5) is 26.9. The molecule has 1 aliphatic carbocycles. The van der Waals surface area contributed by atoms with Crippen molar-refractivity contribution in [1.82, 2.24) is 5.32 Å². The highest BCUT2D eigenvalue weighted by molar-refractivity contribution is 6.09. The summed E-state index contributed by atoms with van der Waals surface area (Å²) in [6, 6.07) is 14.9. The third-order valence-corrected chi connectivity index (χ3v) is 6.46. The minimum absolute atomic E-state index is 0.0428. The summed E-state index contributed by atoms with van der Waals surface area (Å²) in [5, 5.41) is 3.20. The van der Waals surface area contributed by atoms with E-state index in [9.17, 15) is 9.59 Å². The number of hydrogen-bond acceptors (Lipinski definition) is 3. The van der Waals surface area contributed by atoms with Crippen LogP contribution in [0.2, 0.25) is 0 Å². The number of anilines is 1. The minimum atomic E-state index is -0.198. The molecule has 1 saturated carbocycles. The van der Waals surface area contributed by atoms with Crippen molar-refractivity contribution in [1.29, 1.82) is 0 Å². The maximum atomic E-state index is 12.7. The van der Waals surface area contributed by atoms with Crippen LogP contribution in [0.5, 0.6) is 5.75 Å². The molecule has 3 unspecified atom stereocenters. The van der Waals surface area contributed by atoms with Gasteiger partial charge in [-0.2, -0.15) is 0 Å². The molecule has 30 heavy (non-hydrogen) atoms. The Balaban J connectivity index is 1.47. The van der Waals surface area contributed by atoms with Gasteiger partial charge < -0.3 is 15.0 Å². The number of amides is 2. The molecule has 2 amide bonds. The van der Waals surface area contributed by atoms with Crippen LogP contribution in [-0.4, -0.2) is 24.9 Å². The van der Waals surface area contributed by atoms with E-state index < -0.39 is 0 Å². The summed E-state index contributed by atoms with van der Waals surface area (Å²) in [5.41, 5.74) is 2.18. The molecule has 4 rings (SSSR count). The number of para-hydroxylation sites is 2. The van der Waals surface area contributed by atoms with Crippen molar-refractivity contribution in [2.75, 3.05) is 11.9 Å². The molecule has 1 heterocycles. The third kappa shape index (κ3) is 3.97. The Morgan fingerprint density at radius 2 is 1.83 bits per heavy atom. The van der Waals surface area contributed by atoms with Gasteiger partial charge in [0.1, 0.15) is 0 Å². The minimum Gasteiger partial charge on any atom is -0.449 e. The molecule has 5 heteroatoms. The molecule has 0 saturated heterocycles. The molecule has 2 aromatic carbocycles. The predicted octanol–water partition coefficient (Wildman–Crippen LogP) is 4.64. The fourth-order valence-corrected chi connectivity index (χ4v) is 4.27. The number of carbonyl (C=O) groups excluding carboxylic acids is 2. The van der Waals surface area contributed by atoms with Crippen LogP contribution in [0.1, 0.15) is 49.0 Å². The lowest BCUT2D eigenvalue weighted by atomic mass is 9.78. The van der Waals surface area contributed by atoms with Crippen LogP contribution in [-0.2, 0) is 4.79 Å². The van der Waals surface area contributed by atoms with Gasteiger partial charge >= 0.3 is 0 Å². The number of fused-ring (bicyclic) bond motifs is 1. The lowest BCUT2D eigenvalue weighted by Gasteiger charge is -2.34. The van der Waals surface area contributed by atoms with Crippen molar-refractivity contribution in [2.45, 2.75) is 39.2 Å². The predicted molar refractivity (Wildman–Crippen MR) is 118 cm³/mol. The quantitative estimate of drug-likeness (QED) is 0.759. The van der Waals surface area contributed by atoms with Gasteiger partial charge in [-0.05, 0) is 54.2 Å². The van der Waals surface area contributed by atoms with Gasteiger partial charge in [0.25, 0.3) is 11.8 Å². The maximum Gasteiger partial charge on any atom is 0.293 e. The van der Waals surface area contributed by atoms with Crippen LogP contribution < -0.4 is 15.0 Å². The second-order valence-electron chi connectivity index (χ2n) is 8.41. The Kier molecular flexibility index (Phi) is 5.62. The van der Waals surface area contributed by atoms with E-state index in [2.05, 4.69) is 19.2 Å². The van der Waals surface area contributed by atoms with Crippen LogP contribution in [0.15, 0.2) is 54.3 Å². The number of ether oxygens (including phenoxy) is 1. The lowest BCUT2D eigenvalue weighted by Crippen LogP contribution is -2.43. The summed E-state index contributed by atoms with van der Waals surface area (Å²) in [6.07, 6.45) is 5.14. The first-order valence-electron chi connectivity index (χ1n) is 10.6. The Labute approximate surface area is 177 Å². The molecule has 0 spiro atoms. The van der Waals surface area contributed by atoms with Crippen molar-refractivity contribution in [2.24, 2.45) is 11.8 Å². The Bertz CT molecular complexity index is 980. The van der Waals surface area contributed by atoms with E-state index in [1.54, 1.807) is 30.2 Å². The molecule has 5 nitrogen and oxygen atoms in total. The van der Waals surface area contributed by atoms with Gasteiger partial charge in [0.2, 0.25) is 0 Å². The molecule has 2 aromatic rings. The standard InChI is InChI=1S/C25H28N2O3/c1-16-7-6-8-20(17(16)2)26-24(28)19-13-11-18(12-14-19)15-23-25(29)27(3)21-9-4-5-10-22(21)30-23/h4-5,9-17,20H,6-8H2,1-3H3,(H,26,28). The van der Waals surface area contributed by atoms with Gasteiger partial charge in [0.05, 0.1) is 5.69 Å². The summed E-state index contributed by atoms with van der Waals surface area (Å²) < 4.78 is 5.81. The smallest absolute Gasteiger partial charge is 0.293 e. The van der Waals surface area contributed by atoms with Crippen LogP contribution in [0.4, 0.5) is 5.69 Å². The molecule has 0 bridgehead atoms. The van der Waals surface area contributed by atoms with Gasteiger partial charge in [-0.25, -0.2) is 0 Å². The van der Waals surface area contributed by atoms with Crippen molar-refractivity contribution in [3.63, 3.8) is 0 Å². The number of benzene rings is 2.